The molecule has 0 saturated carbocycles. The Morgan fingerprint density at radius 1 is 1.12 bits per heavy atom. The number of halogens is 1. The largest absolute Gasteiger partial charge is 0.372 e. The molecule has 3 rings (SSSR count). The molecular formula is C20H22ClN3OS. The van der Waals surface area contributed by atoms with E-state index in [-0.39, 0.29) is 5.91 Å². The molecule has 2 aromatic carbocycles. The van der Waals surface area contributed by atoms with Gasteiger partial charge in [-0.3, -0.25) is 4.79 Å². The normalized spacial score (nSPS) is 11.9. The lowest BCUT2D eigenvalue weighted by molar-refractivity contribution is 0.0998. The Hall–Kier alpha value is -2.11. The summed E-state index contributed by atoms with van der Waals surface area (Å²) in [6.07, 6.45) is 0. The summed E-state index contributed by atoms with van der Waals surface area (Å²) in [5.74, 6) is -0.226. The van der Waals surface area contributed by atoms with Crippen molar-refractivity contribution in [2.45, 2.75) is 27.3 Å². The molecule has 6 heteroatoms. The van der Waals surface area contributed by atoms with E-state index < -0.39 is 0 Å². The fraction of sp³-hybridized carbons (Fsp3) is 0.300. The summed E-state index contributed by atoms with van der Waals surface area (Å²) >= 11 is 7.57. The number of fused-ring (bicyclic) bond motifs is 1. The lowest BCUT2D eigenvalue weighted by Gasteiger charge is -2.20. The summed E-state index contributed by atoms with van der Waals surface area (Å²) < 4.78 is 3.07. The Bertz CT molecular complexity index is 984. The summed E-state index contributed by atoms with van der Waals surface area (Å²) in [5.41, 5.74) is 2.76. The number of aromatic nitrogens is 1. The molecule has 26 heavy (non-hydrogen) atoms. The molecule has 1 heterocycles. The second kappa shape index (κ2) is 8.06. The van der Waals surface area contributed by atoms with Gasteiger partial charge in [0.25, 0.3) is 5.91 Å². The van der Waals surface area contributed by atoms with Gasteiger partial charge in [0.1, 0.15) is 0 Å². The molecule has 0 atom stereocenters. The van der Waals surface area contributed by atoms with Crippen LogP contribution in [0.4, 0.5) is 5.69 Å². The third-order valence-corrected chi connectivity index (χ3v) is 5.68. The van der Waals surface area contributed by atoms with E-state index in [1.807, 2.05) is 54.0 Å². The molecule has 0 bridgehead atoms. The molecule has 1 amide bonds. The zero-order valence-electron chi connectivity index (χ0n) is 15.2. The number of carbonyl (C=O) groups is 1. The number of carbonyl (C=O) groups excluding carboxylic acids is 1. The molecule has 0 fully saturated rings. The zero-order valence-corrected chi connectivity index (χ0v) is 16.8. The number of thiazole rings is 1. The molecule has 0 N–H and O–H groups in total. The molecule has 0 aliphatic heterocycles. The van der Waals surface area contributed by atoms with E-state index in [9.17, 15) is 4.79 Å². The monoisotopic (exact) mass is 387 g/mol. The van der Waals surface area contributed by atoms with Crippen LogP contribution in [-0.4, -0.2) is 23.6 Å². The van der Waals surface area contributed by atoms with Crippen molar-refractivity contribution in [2.75, 3.05) is 18.0 Å². The average molecular weight is 388 g/mol. The third-order valence-electron chi connectivity index (χ3n) is 4.40. The minimum atomic E-state index is -0.226. The quantitative estimate of drug-likeness (QED) is 0.620. The predicted octanol–water partition coefficient (Wildman–Crippen LogP) is 4.96. The van der Waals surface area contributed by atoms with Crippen LogP contribution < -0.4 is 9.70 Å². The van der Waals surface area contributed by atoms with Crippen LogP contribution in [0.1, 0.15) is 31.1 Å². The second-order valence-corrected chi connectivity index (χ2v) is 7.32. The predicted molar refractivity (Wildman–Crippen MR) is 110 cm³/mol. The van der Waals surface area contributed by atoms with Crippen molar-refractivity contribution < 1.29 is 4.79 Å². The number of hydrogen-bond acceptors (Lipinski definition) is 3. The minimum Gasteiger partial charge on any atom is -0.372 e. The van der Waals surface area contributed by atoms with E-state index in [2.05, 4.69) is 23.7 Å². The van der Waals surface area contributed by atoms with E-state index >= 15 is 0 Å². The van der Waals surface area contributed by atoms with Crippen molar-refractivity contribution in [1.29, 1.82) is 0 Å². The molecule has 136 valence electrons. The highest BCUT2D eigenvalue weighted by molar-refractivity contribution is 7.16. The first-order valence-corrected chi connectivity index (χ1v) is 9.99. The Morgan fingerprint density at radius 3 is 2.42 bits per heavy atom. The van der Waals surface area contributed by atoms with E-state index in [0.29, 0.717) is 15.4 Å². The van der Waals surface area contributed by atoms with Crippen LogP contribution in [0.25, 0.3) is 10.2 Å². The van der Waals surface area contributed by atoms with Gasteiger partial charge in [0.2, 0.25) is 0 Å². The Labute approximate surface area is 162 Å². The van der Waals surface area contributed by atoms with Gasteiger partial charge >= 0.3 is 0 Å². The fourth-order valence-electron chi connectivity index (χ4n) is 2.99. The van der Waals surface area contributed by atoms with E-state index in [0.717, 1.165) is 35.5 Å². The maximum Gasteiger partial charge on any atom is 0.279 e. The molecule has 3 aromatic rings. The first-order valence-electron chi connectivity index (χ1n) is 8.80. The SMILES string of the molecule is CCN(CC)c1ccc(C(=O)N=c2sc3cc(Cl)ccc3n2CC)cc1. The van der Waals surface area contributed by atoms with Crippen LogP contribution >= 0.6 is 22.9 Å². The van der Waals surface area contributed by atoms with Crippen molar-refractivity contribution in [3.8, 4) is 0 Å². The van der Waals surface area contributed by atoms with Crippen LogP contribution in [0.2, 0.25) is 5.02 Å². The number of aryl methyl sites for hydroxylation is 1. The van der Waals surface area contributed by atoms with Gasteiger partial charge in [-0.25, -0.2) is 0 Å². The topological polar surface area (TPSA) is 37.6 Å². The number of benzene rings is 2. The molecule has 1 aromatic heterocycles. The third kappa shape index (κ3) is 3.69. The molecule has 0 saturated heterocycles. The first kappa shape index (κ1) is 18.7. The Balaban J connectivity index is 1.97. The lowest BCUT2D eigenvalue weighted by Crippen LogP contribution is -2.21. The van der Waals surface area contributed by atoms with Gasteiger partial charge in [-0.1, -0.05) is 22.9 Å². The second-order valence-electron chi connectivity index (χ2n) is 5.88. The average Bonchev–Trinajstić information content (AvgIpc) is 2.99. The van der Waals surface area contributed by atoms with Crippen LogP contribution in [0, 0.1) is 0 Å². The standard InChI is InChI=1S/C20H22ClN3OS/c1-4-23(5-2)16-10-7-14(8-11-16)19(25)22-20-24(6-3)17-12-9-15(21)13-18(17)26-20/h7-13H,4-6H2,1-3H3. The number of nitrogens with zero attached hydrogens (tertiary/aromatic N) is 3. The molecular weight excluding hydrogens is 366 g/mol. The van der Waals surface area contributed by atoms with Gasteiger partial charge in [-0.15, -0.1) is 0 Å². The van der Waals surface area contributed by atoms with Crippen LogP contribution in [-0.2, 0) is 6.54 Å². The van der Waals surface area contributed by atoms with Crippen molar-refractivity contribution in [2.24, 2.45) is 4.99 Å². The van der Waals surface area contributed by atoms with Crippen LogP contribution in [0.5, 0.6) is 0 Å². The highest BCUT2D eigenvalue weighted by Gasteiger charge is 2.10. The van der Waals surface area contributed by atoms with Crippen LogP contribution in [0.3, 0.4) is 0 Å². The first-order chi connectivity index (χ1) is 12.6. The molecule has 0 unspecified atom stereocenters. The highest BCUT2D eigenvalue weighted by Crippen LogP contribution is 2.22. The smallest absolute Gasteiger partial charge is 0.279 e. The fourth-order valence-corrected chi connectivity index (χ4v) is 4.36. The summed E-state index contributed by atoms with van der Waals surface area (Å²) in [6, 6.07) is 13.4. The minimum absolute atomic E-state index is 0.226. The summed E-state index contributed by atoms with van der Waals surface area (Å²) in [7, 11) is 0. The lowest BCUT2D eigenvalue weighted by atomic mass is 10.2. The summed E-state index contributed by atoms with van der Waals surface area (Å²) in [5, 5.41) is 0.687. The molecule has 0 spiro atoms. The van der Waals surface area contributed by atoms with Crippen molar-refractivity contribution in [1.82, 2.24) is 4.57 Å². The number of hydrogen-bond donors (Lipinski definition) is 0. The van der Waals surface area contributed by atoms with E-state index in [1.165, 1.54) is 11.3 Å². The summed E-state index contributed by atoms with van der Waals surface area (Å²) in [4.78, 5) is 19.9. The number of rotatable bonds is 5. The molecule has 0 aliphatic rings. The molecule has 4 nitrogen and oxygen atoms in total. The van der Waals surface area contributed by atoms with Crippen molar-refractivity contribution in [3.05, 3.63) is 57.9 Å². The van der Waals surface area contributed by atoms with Crippen molar-refractivity contribution in [3.63, 3.8) is 0 Å². The van der Waals surface area contributed by atoms with Gasteiger partial charge in [0.05, 0.1) is 10.2 Å². The van der Waals surface area contributed by atoms with Gasteiger partial charge < -0.3 is 9.47 Å². The van der Waals surface area contributed by atoms with E-state index in [4.69, 9.17) is 11.6 Å². The van der Waals surface area contributed by atoms with Crippen LogP contribution in [0.15, 0.2) is 47.5 Å². The highest BCUT2D eigenvalue weighted by atomic mass is 35.5. The maximum atomic E-state index is 12.6. The van der Waals surface area contributed by atoms with E-state index in [1.54, 1.807) is 0 Å². The van der Waals surface area contributed by atoms with Gasteiger partial charge in [-0.05, 0) is 63.2 Å². The van der Waals surface area contributed by atoms with Gasteiger partial charge in [-0.2, -0.15) is 4.99 Å². The molecule has 0 aliphatic carbocycles. The maximum absolute atomic E-state index is 12.6. The summed E-state index contributed by atoms with van der Waals surface area (Å²) in [6.45, 7) is 8.91. The zero-order chi connectivity index (χ0) is 18.7. The Kier molecular flexibility index (Phi) is 5.79. The van der Waals surface area contributed by atoms with Gasteiger partial charge in [0.15, 0.2) is 4.80 Å². The Morgan fingerprint density at radius 2 is 1.81 bits per heavy atom. The number of anilines is 1. The number of amides is 1. The van der Waals surface area contributed by atoms with Gasteiger partial charge in [0, 0.05) is 35.9 Å². The molecule has 0 radical (unpaired) electrons. The van der Waals surface area contributed by atoms with Crippen molar-refractivity contribution >= 4 is 44.7 Å².